The number of rotatable bonds is 6. The highest BCUT2D eigenvalue weighted by Crippen LogP contribution is 2.33. The van der Waals surface area contributed by atoms with Gasteiger partial charge < -0.3 is 5.73 Å². The molecule has 1 atom stereocenters. The van der Waals surface area contributed by atoms with Crippen LogP contribution in [0.2, 0.25) is 0 Å². The summed E-state index contributed by atoms with van der Waals surface area (Å²) in [5, 5.41) is 4.56. The summed E-state index contributed by atoms with van der Waals surface area (Å²) in [7, 11) is 0. The first kappa shape index (κ1) is 11.6. The van der Waals surface area contributed by atoms with E-state index in [1.165, 1.54) is 30.7 Å². The molecular weight excluding hydrogens is 198 g/mol. The zero-order valence-electron chi connectivity index (χ0n) is 10.4. The van der Waals surface area contributed by atoms with Gasteiger partial charge in [0.05, 0.1) is 5.69 Å². The molecule has 1 fully saturated rings. The smallest absolute Gasteiger partial charge is 0.0624 e. The lowest BCUT2D eigenvalue weighted by Crippen LogP contribution is -2.24. The van der Waals surface area contributed by atoms with E-state index in [2.05, 4.69) is 29.7 Å². The van der Waals surface area contributed by atoms with Crippen LogP contribution in [0, 0.1) is 5.92 Å². The Morgan fingerprint density at radius 2 is 2.25 bits per heavy atom. The maximum atomic E-state index is 6.18. The summed E-state index contributed by atoms with van der Waals surface area (Å²) in [6, 6.07) is 2.54. The van der Waals surface area contributed by atoms with Crippen LogP contribution in [-0.2, 0) is 19.4 Å². The number of hydrogen-bond acceptors (Lipinski definition) is 2. The van der Waals surface area contributed by atoms with Crippen LogP contribution in [0.15, 0.2) is 6.07 Å². The maximum absolute atomic E-state index is 6.18. The Bertz CT molecular complexity index is 339. The van der Waals surface area contributed by atoms with E-state index < -0.39 is 0 Å². The average molecular weight is 221 g/mol. The fourth-order valence-corrected chi connectivity index (χ4v) is 2.26. The molecule has 1 saturated carbocycles. The van der Waals surface area contributed by atoms with Crippen LogP contribution < -0.4 is 5.73 Å². The van der Waals surface area contributed by atoms with Crippen molar-refractivity contribution in [3.05, 3.63) is 17.5 Å². The topological polar surface area (TPSA) is 43.8 Å². The predicted molar refractivity (Wildman–Crippen MR) is 66.3 cm³/mol. The molecule has 1 heterocycles. The standard InChI is InChI=1S/C13H23N3/c1-3-12-9-13(16(4-2)15-12)8-11(14)7-10-5-6-10/h9-11H,3-8,14H2,1-2H3. The summed E-state index contributed by atoms with van der Waals surface area (Å²) in [5.74, 6) is 0.915. The monoisotopic (exact) mass is 221 g/mol. The first-order valence-corrected chi connectivity index (χ1v) is 6.54. The molecule has 16 heavy (non-hydrogen) atoms. The van der Waals surface area contributed by atoms with Crippen molar-refractivity contribution in [3.8, 4) is 0 Å². The number of hydrogen-bond donors (Lipinski definition) is 1. The zero-order chi connectivity index (χ0) is 11.5. The van der Waals surface area contributed by atoms with Crippen LogP contribution in [0.4, 0.5) is 0 Å². The van der Waals surface area contributed by atoms with Gasteiger partial charge in [0.1, 0.15) is 0 Å². The molecule has 1 aliphatic rings. The molecule has 0 spiro atoms. The minimum atomic E-state index is 0.319. The summed E-state index contributed by atoms with van der Waals surface area (Å²) in [6.07, 6.45) is 5.97. The van der Waals surface area contributed by atoms with E-state index in [-0.39, 0.29) is 0 Å². The molecule has 0 aliphatic heterocycles. The molecule has 0 bridgehead atoms. The molecule has 90 valence electrons. The molecule has 1 aromatic rings. The van der Waals surface area contributed by atoms with Gasteiger partial charge in [-0.2, -0.15) is 5.10 Å². The molecule has 2 rings (SSSR count). The lowest BCUT2D eigenvalue weighted by molar-refractivity contribution is 0.530. The molecule has 3 nitrogen and oxygen atoms in total. The van der Waals surface area contributed by atoms with Gasteiger partial charge in [-0.1, -0.05) is 19.8 Å². The third-order valence-electron chi connectivity index (χ3n) is 3.38. The highest BCUT2D eigenvalue weighted by atomic mass is 15.3. The number of aryl methyl sites for hydroxylation is 2. The van der Waals surface area contributed by atoms with Gasteiger partial charge in [-0.05, 0) is 31.7 Å². The van der Waals surface area contributed by atoms with Crippen LogP contribution in [-0.4, -0.2) is 15.8 Å². The number of aromatic nitrogens is 2. The Kier molecular flexibility index (Phi) is 3.64. The van der Waals surface area contributed by atoms with Gasteiger partial charge in [0.25, 0.3) is 0 Å². The first-order chi connectivity index (χ1) is 7.72. The predicted octanol–water partition coefficient (Wildman–Crippen LogP) is 2.14. The van der Waals surface area contributed by atoms with Crippen molar-refractivity contribution in [3.63, 3.8) is 0 Å². The molecular formula is C13H23N3. The summed E-state index contributed by atoms with van der Waals surface area (Å²) >= 11 is 0. The van der Waals surface area contributed by atoms with Crippen molar-refractivity contribution in [1.29, 1.82) is 0 Å². The maximum Gasteiger partial charge on any atom is 0.0624 e. The molecule has 1 aromatic heterocycles. The molecule has 2 N–H and O–H groups in total. The molecule has 0 amide bonds. The lowest BCUT2D eigenvalue weighted by atomic mass is 10.1. The number of nitrogens with two attached hydrogens (primary N) is 1. The van der Waals surface area contributed by atoms with Gasteiger partial charge in [0.15, 0.2) is 0 Å². The van der Waals surface area contributed by atoms with Gasteiger partial charge in [0.2, 0.25) is 0 Å². The molecule has 1 unspecified atom stereocenters. The first-order valence-electron chi connectivity index (χ1n) is 6.54. The Hall–Kier alpha value is -0.830. The summed E-state index contributed by atoms with van der Waals surface area (Å²) in [4.78, 5) is 0. The summed E-state index contributed by atoms with van der Waals surface area (Å²) in [5.41, 5.74) is 8.68. The van der Waals surface area contributed by atoms with Gasteiger partial charge in [-0.3, -0.25) is 4.68 Å². The van der Waals surface area contributed by atoms with Crippen molar-refractivity contribution in [2.45, 2.75) is 58.5 Å². The van der Waals surface area contributed by atoms with E-state index in [9.17, 15) is 0 Å². The van der Waals surface area contributed by atoms with Crippen molar-refractivity contribution in [2.75, 3.05) is 0 Å². The Labute approximate surface area is 98.0 Å². The van der Waals surface area contributed by atoms with Crippen molar-refractivity contribution in [1.82, 2.24) is 9.78 Å². The third kappa shape index (κ3) is 2.85. The van der Waals surface area contributed by atoms with E-state index in [1.54, 1.807) is 0 Å². The van der Waals surface area contributed by atoms with Gasteiger partial charge >= 0.3 is 0 Å². The van der Waals surface area contributed by atoms with Gasteiger partial charge in [-0.25, -0.2) is 0 Å². The fourth-order valence-electron chi connectivity index (χ4n) is 2.26. The van der Waals surface area contributed by atoms with E-state index in [1.807, 2.05) is 0 Å². The van der Waals surface area contributed by atoms with Crippen LogP contribution in [0.1, 0.15) is 44.5 Å². The fraction of sp³-hybridized carbons (Fsp3) is 0.769. The molecule has 3 heteroatoms. The van der Waals surface area contributed by atoms with E-state index >= 15 is 0 Å². The van der Waals surface area contributed by atoms with Crippen LogP contribution in [0.25, 0.3) is 0 Å². The minimum Gasteiger partial charge on any atom is -0.327 e. The molecule has 0 aromatic carbocycles. The third-order valence-corrected chi connectivity index (χ3v) is 3.38. The average Bonchev–Trinajstić information content (AvgIpc) is 2.97. The zero-order valence-corrected chi connectivity index (χ0v) is 10.4. The quantitative estimate of drug-likeness (QED) is 0.799. The lowest BCUT2D eigenvalue weighted by Gasteiger charge is -2.11. The minimum absolute atomic E-state index is 0.319. The summed E-state index contributed by atoms with van der Waals surface area (Å²) in [6.45, 7) is 5.24. The van der Waals surface area contributed by atoms with E-state index in [4.69, 9.17) is 5.73 Å². The Morgan fingerprint density at radius 3 is 2.81 bits per heavy atom. The van der Waals surface area contributed by atoms with Crippen LogP contribution in [0.3, 0.4) is 0 Å². The largest absolute Gasteiger partial charge is 0.327 e. The van der Waals surface area contributed by atoms with Crippen LogP contribution in [0.5, 0.6) is 0 Å². The van der Waals surface area contributed by atoms with Crippen molar-refractivity contribution < 1.29 is 0 Å². The second-order valence-electron chi connectivity index (χ2n) is 4.94. The van der Waals surface area contributed by atoms with E-state index in [0.717, 1.165) is 25.3 Å². The van der Waals surface area contributed by atoms with Crippen molar-refractivity contribution >= 4 is 0 Å². The van der Waals surface area contributed by atoms with E-state index in [0.29, 0.717) is 6.04 Å². The second kappa shape index (κ2) is 5.00. The Morgan fingerprint density at radius 1 is 1.50 bits per heavy atom. The molecule has 0 saturated heterocycles. The highest BCUT2D eigenvalue weighted by Gasteiger charge is 2.24. The summed E-state index contributed by atoms with van der Waals surface area (Å²) < 4.78 is 2.10. The molecule has 0 radical (unpaired) electrons. The molecule has 1 aliphatic carbocycles. The number of nitrogens with zero attached hydrogens (tertiary/aromatic N) is 2. The van der Waals surface area contributed by atoms with Crippen molar-refractivity contribution in [2.24, 2.45) is 11.7 Å². The van der Waals surface area contributed by atoms with Crippen LogP contribution >= 0.6 is 0 Å². The normalized spacial score (nSPS) is 17.7. The second-order valence-corrected chi connectivity index (χ2v) is 4.94. The SMILES string of the molecule is CCc1cc(CC(N)CC2CC2)n(CC)n1. The highest BCUT2D eigenvalue weighted by molar-refractivity contribution is 5.12. The van der Waals surface area contributed by atoms with Gasteiger partial charge in [-0.15, -0.1) is 0 Å². The Balaban J connectivity index is 1.97. The van der Waals surface area contributed by atoms with Gasteiger partial charge in [0, 0.05) is 24.7 Å².